The molecule has 1 aliphatic carbocycles. The van der Waals surface area contributed by atoms with Gasteiger partial charge in [0.25, 0.3) is 5.91 Å². The molecule has 0 atom stereocenters. The van der Waals surface area contributed by atoms with Crippen LogP contribution in [0.4, 0.5) is 24.9 Å². The highest BCUT2D eigenvalue weighted by Crippen LogP contribution is 2.28. The van der Waals surface area contributed by atoms with Crippen LogP contribution >= 0.6 is 0 Å². The lowest BCUT2D eigenvalue weighted by molar-refractivity contribution is -0.274. The third-order valence-electron chi connectivity index (χ3n) is 5.59. The summed E-state index contributed by atoms with van der Waals surface area (Å²) in [6.45, 7) is 0. The van der Waals surface area contributed by atoms with Crippen molar-refractivity contribution in [3.05, 3.63) is 54.1 Å². The normalized spacial score (nSPS) is 18.5. The van der Waals surface area contributed by atoms with Gasteiger partial charge < -0.3 is 20.7 Å². The molecule has 1 heterocycles. The van der Waals surface area contributed by atoms with Gasteiger partial charge in [-0.25, -0.2) is 4.98 Å². The fraction of sp³-hybridized carbons (Fsp3) is 0.348. The molecule has 0 saturated heterocycles. The number of para-hydroxylation sites is 2. The van der Waals surface area contributed by atoms with E-state index in [1.807, 2.05) is 31.3 Å². The molecule has 1 aromatic heterocycles. The highest BCUT2D eigenvalue weighted by atomic mass is 19.4. The van der Waals surface area contributed by atoms with Gasteiger partial charge in [-0.1, -0.05) is 24.3 Å². The number of halogens is 3. The van der Waals surface area contributed by atoms with Gasteiger partial charge in [-0.3, -0.25) is 4.79 Å². The zero-order valence-corrected chi connectivity index (χ0v) is 17.9. The number of hydrogen-bond acceptors (Lipinski definition) is 6. The summed E-state index contributed by atoms with van der Waals surface area (Å²) >= 11 is 0. The van der Waals surface area contributed by atoms with Crippen LogP contribution in [0.2, 0.25) is 0 Å². The van der Waals surface area contributed by atoms with Crippen molar-refractivity contribution in [2.75, 3.05) is 17.7 Å². The van der Waals surface area contributed by atoms with Crippen molar-refractivity contribution >= 4 is 28.6 Å². The van der Waals surface area contributed by atoms with E-state index in [1.165, 1.54) is 18.2 Å². The molecule has 0 aliphatic heterocycles. The molecule has 3 N–H and O–H groups in total. The summed E-state index contributed by atoms with van der Waals surface area (Å²) in [6.07, 6.45) is -1.98. The van der Waals surface area contributed by atoms with Gasteiger partial charge in [-0.15, -0.1) is 13.2 Å². The summed E-state index contributed by atoms with van der Waals surface area (Å²) in [5.41, 5.74) is 0.694. The number of nitrogens with one attached hydrogen (secondary N) is 3. The topological polar surface area (TPSA) is 88.2 Å². The molecular weight excluding hydrogens is 435 g/mol. The van der Waals surface area contributed by atoms with Crippen molar-refractivity contribution in [2.45, 2.75) is 44.1 Å². The summed E-state index contributed by atoms with van der Waals surface area (Å²) in [4.78, 5) is 21.7. The van der Waals surface area contributed by atoms with Crippen molar-refractivity contribution in [1.82, 2.24) is 15.3 Å². The summed E-state index contributed by atoms with van der Waals surface area (Å²) in [7, 11) is 1.81. The van der Waals surface area contributed by atoms with E-state index < -0.39 is 18.0 Å². The average molecular weight is 459 g/mol. The number of nitrogens with zero attached hydrogens (tertiary/aromatic N) is 2. The number of carbonyl (C=O) groups excluding carboxylic acids is 1. The highest BCUT2D eigenvalue weighted by Gasteiger charge is 2.33. The number of rotatable bonds is 6. The minimum atomic E-state index is -4.86. The van der Waals surface area contributed by atoms with Crippen LogP contribution in [0.1, 0.15) is 36.0 Å². The summed E-state index contributed by atoms with van der Waals surface area (Å²) in [5, 5.41) is 10.2. The van der Waals surface area contributed by atoms with E-state index in [9.17, 15) is 18.0 Å². The van der Waals surface area contributed by atoms with Gasteiger partial charge in [-0.05, 0) is 49.9 Å². The first-order valence-electron chi connectivity index (χ1n) is 10.7. The van der Waals surface area contributed by atoms with Gasteiger partial charge >= 0.3 is 6.36 Å². The molecule has 0 spiro atoms. The monoisotopic (exact) mass is 459 g/mol. The summed E-state index contributed by atoms with van der Waals surface area (Å²) < 4.78 is 41.9. The molecule has 1 aliphatic rings. The molecule has 10 heteroatoms. The lowest BCUT2D eigenvalue weighted by Crippen LogP contribution is -2.40. The van der Waals surface area contributed by atoms with Crippen LogP contribution in [0.25, 0.3) is 10.9 Å². The first kappa shape index (κ1) is 22.6. The molecule has 3 aromatic rings. The molecule has 0 unspecified atom stereocenters. The Morgan fingerprint density at radius 3 is 2.36 bits per heavy atom. The largest absolute Gasteiger partial charge is 0.573 e. The number of ether oxygens (including phenoxy) is 1. The number of carbonyl (C=O) groups is 1. The summed E-state index contributed by atoms with van der Waals surface area (Å²) in [5.74, 6) is 0.182. The second kappa shape index (κ2) is 9.51. The smallest absolute Gasteiger partial charge is 0.405 e. The van der Waals surface area contributed by atoms with Crippen molar-refractivity contribution in [3.8, 4) is 5.75 Å². The maximum Gasteiger partial charge on any atom is 0.573 e. The molecule has 0 radical (unpaired) electrons. The first-order chi connectivity index (χ1) is 15.8. The van der Waals surface area contributed by atoms with Gasteiger partial charge in [0.05, 0.1) is 11.1 Å². The van der Waals surface area contributed by atoms with E-state index >= 15 is 0 Å². The van der Waals surface area contributed by atoms with Crippen LogP contribution in [0.3, 0.4) is 0 Å². The predicted molar refractivity (Wildman–Crippen MR) is 119 cm³/mol. The highest BCUT2D eigenvalue weighted by molar-refractivity contribution is 5.97. The lowest BCUT2D eigenvalue weighted by Gasteiger charge is -2.30. The molecule has 33 heavy (non-hydrogen) atoms. The molecule has 4 rings (SSSR count). The third-order valence-corrected chi connectivity index (χ3v) is 5.59. The summed E-state index contributed by atoms with van der Waals surface area (Å²) in [6, 6.07) is 13.1. The Morgan fingerprint density at radius 1 is 0.970 bits per heavy atom. The number of fused-ring (bicyclic) bond motifs is 1. The second-order valence-corrected chi connectivity index (χ2v) is 7.87. The predicted octanol–water partition coefficient (Wildman–Crippen LogP) is 4.72. The molecule has 1 saturated carbocycles. The standard InChI is InChI=1S/C23H24F3N5O2/c1-27-20-16-6-2-4-8-18(16)30-22(31-20)29-15-12-10-14(11-13-15)28-21(32)17-7-3-5-9-19(17)33-23(24,25)26/h2-9,14-15H,10-13H2,1H3,(H,28,32)(H2,27,29,30,31). The molecule has 1 amide bonds. The fourth-order valence-corrected chi connectivity index (χ4v) is 4.03. The zero-order valence-electron chi connectivity index (χ0n) is 17.9. The number of aromatic nitrogens is 2. The zero-order chi connectivity index (χ0) is 23.4. The third kappa shape index (κ3) is 5.63. The van der Waals surface area contributed by atoms with E-state index in [-0.39, 0.29) is 17.6 Å². The van der Waals surface area contributed by atoms with Gasteiger partial charge in [-0.2, -0.15) is 4.98 Å². The quantitative estimate of drug-likeness (QED) is 0.494. The van der Waals surface area contributed by atoms with Crippen LogP contribution in [-0.2, 0) is 0 Å². The first-order valence-corrected chi connectivity index (χ1v) is 10.7. The van der Waals surface area contributed by atoms with Gasteiger partial charge in [0.15, 0.2) is 0 Å². The van der Waals surface area contributed by atoms with E-state index in [1.54, 1.807) is 0 Å². The van der Waals surface area contributed by atoms with Gasteiger partial charge in [0.2, 0.25) is 5.95 Å². The lowest BCUT2D eigenvalue weighted by atomic mass is 9.91. The Hall–Kier alpha value is -3.56. The SMILES string of the molecule is CNc1nc(NC2CCC(NC(=O)c3ccccc3OC(F)(F)F)CC2)nc2ccccc12. The van der Waals surface area contributed by atoms with Crippen LogP contribution in [-0.4, -0.2) is 41.4 Å². The van der Waals surface area contributed by atoms with Crippen molar-refractivity contribution in [2.24, 2.45) is 0 Å². The molecular formula is C23H24F3N5O2. The fourth-order valence-electron chi connectivity index (χ4n) is 4.03. The van der Waals surface area contributed by atoms with Crippen LogP contribution in [0.15, 0.2) is 48.5 Å². The minimum absolute atomic E-state index is 0.130. The molecule has 1 fully saturated rings. The van der Waals surface area contributed by atoms with E-state index in [2.05, 4.69) is 30.7 Å². The van der Waals surface area contributed by atoms with Crippen molar-refractivity contribution in [1.29, 1.82) is 0 Å². The Morgan fingerprint density at radius 2 is 1.64 bits per heavy atom. The average Bonchev–Trinajstić information content (AvgIpc) is 2.79. The number of benzene rings is 2. The Balaban J connectivity index is 1.35. The number of anilines is 2. The van der Waals surface area contributed by atoms with Gasteiger partial charge in [0, 0.05) is 24.5 Å². The van der Waals surface area contributed by atoms with Crippen LogP contribution < -0.4 is 20.7 Å². The van der Waals surface area contributed by atoms with Crippen molar-refractivity contribution in [3.63, 3.8) is 0 Å². The minimum Gasteiger partial charge on any atom is -0.405 e. The number of amides is 1. The second-order valence-electron chi connectivity index (χ2n) is 7.87. The Kier molecular flexibility index (Phi) is 6.52. The molecule has 0 bridgehead atoms. The Bertz CT molecular complexity index is 1130. The number of alkyl halides is 3. The van der Waals surface area contributed by atoms with Gasteiger partial charge in [0.1, 0.15) is 11.6 Å². The van der Waals surface area contributed by atoms with E-state index in [4.69, 9.17) is 0 Å². The van der Waals surface area contributed by atoms with E-state index in [0.717, 1.165) is 35.6 Å². The molecule has 7 nitrogen and oxygen atoms in total. The van der Waals surface area contributed by atoms with Crippen LogP contribution in [0.5, 0.6) is 5.75 Å². The Labute approximate surface area is 188 Å². The van der Waals surface area contributed by atoms with E-state index in [0.29, 0.717) is 18.8 Å². The van der Waals surface area contributed by atoms with Crippen molar-refractivity contribution < 1.29 is 22.7 Å². The molecule has 174 valence electrons. The maximum absolute atomic E-state index is 12.6. The maximum atomic E-state index is 12.6. The van der Waals surface area contributed by atoms with Crippen LogP contribution in [0, 0.1) is 0 Å². The number of hydrogen-bond donors (Lipinski definition) is 3. The molecule has 2 aromatic carbocycles.